The fourth-order valence-electron chi connectivity index (χ4n) is 2.89. The van der Waals surface area contributed by atoms with E-state index in [1.54, 1.807) is 21.3 Å². The molecular formula is C19H22O6. The van der Waals surface area contributed by atoms with E-state index in [0.717, 1.165) is 11.1 Å². The number of benzene rings is 2. The molecule has 0 amide bonds. The summed E-state index contributed by atoms with van der Waals surface area (Å²) in [6.07, 6.45) is 0.469. The number of fused-ring (bicyclic) bond motifs is 1. The zero-order chi connectivity index (χ0) is 17.8. The summed E-state index contributed by atoms with van der Waals surface area (Å²) in [4.78, 5) is 0. The van der Waals surface area contributed by atoms with E-state index in [2.05, 4.69) is 0 Å². The third-order valence-corrected chi connectivity index (χ3v) is 4.27. The van der Waals surface area contributed by atoms with Crippen LogP contribution in [0, 0.1) is 0 Å². The zero-order valence-corrected chi connectivity index (χ0v) is 14.6. The van der Waals surface area contributed by atoms with Crippen LogP contribution in [0.2, 0.25) is 0 Å². The van der Waals surface area contributed by atoms with Crippen LogP contribution in [0.1, 0.15) is 23.7 Å². The van der Waals surface area contributed by atoms with Gasteiger partial charge in [0.1, 0.15) is 17.2 Å². The van der Waals surface area contributed by atoms with E-state index in [1.165, 1.54) is 0 Å². The van der Waals surface area contributed by atoms with Gasteiger partial charge in [0.05, 0.1) is 27.4 Å². The molecule has 0 aromatic heterocycles. The van der Waals surface area contributed by atoms with E-state index in [9.17, 15) is 5.11 Å². The Morgan fingerprint density at radius 1 is 0.960 bits per heavy atom. The molecule has 3 rings (SSSR count). The Bertz CT molecular complexity index is 718. The average Bonchev–Trinajstić information content (AvgIpc) is 3.12. The zero-order valence-electron chi connectivity index (χ0n) is 14.6. The molecule has 0 fully saturated rings. The summed E-state index contributed by atoms with van der Waals surface area (Å²) < 4.78 is 26.8. The molecule has 1 N–H and O–H groups in total. The highest BCUT2D eigenvalue weighted by molar-refractivity contribution is 5.51. The van der Waals surface area contributed by atoms with Crippen molar-refractivity contribution >= 4 is 0 Å². The van der Waals surface area contributed by atoms with Crippen molar-refractivity contribution in [1.82, 2.24) is 0 Å². The molecule has 1 aliphatic rings. The lowest BCUT2D eigenvalue weighted by Crippen LogP contribution is -2.03. The van der Waals surface area contributed by atoms with Crippen molar-refractivity contribution in [2.75, 3.05) is 28.1 Å². The maximum Gasteiger partial charge on any atom is 0.231 e. The van der Waals surface area contributed by atoms with Crippen LogP contribution in [0.25, 0.3) is 0 Å². The van der Waals surface area contributed by atoms with Gasteiger partial charge in [0.2, 0.25) is 6.79 Å². The SMILES string of the molecule is COc1cc(OC)c(CC[C@H](O)c2ccc3c(c2)OCO3)c(OC)c1. The van der Waals surface area contributed by atoms with Gasteiger partial charge in [-0.3, -0.25) is 0 Å². The third kappa shape index (κ3) is 3.58. The van der Waals surface area contributed by atoms with Gasteiger partial charge in [0.25, 0.3) is 0 Å². The van der Waals surface area contributed by atoms with Gasteiger partial charge in [-0.05, 0) is 30.5 Å². The van der Waals surface area contributed by atoms with Crippen molar-refractivity contribution in [3.05, 3.63) is 41.5 Å². The molecule has 0 spiro atoms. The Kier molecular flexibility index (Phi) is 5.19. The lowest BCUT2D eigenvalue weighted by molar-refractivity contribution is 0.165. The molecule has 0 aliphatic carbocycles. The molecule has 0 saturated heterocycles. The van der Waals surface area contributed by atoms with Crippen molar-refractivity contribution in [3.63, 3.8) is 0 Å². The first-order valence-electron chi connectivity index (χ1n) is 8.02. The van der Waals surface area contributed by atoms with Gasteiger partial charge >= 0.3 is 0 Å². The van der Waals surface area contributed by atoms with Crippen LogP contribution in [-0.4, -0.2) is 33.2 Å². The fraction of sp³-hybridized carbons (Fsp3) is 0.368. The lowest BCUT2D eigenvalue weighted by atomic mass is 9.99. The van der Waals surface area contributed by atoms with Crippen molar-refractivity contribution < 1.29 is 28.8 Å². The number of aliphatic hydroxyl groups is 1. The van der Waals surface area contributed by atoms with Gasteiger partial charge < -0.3 is 28.8 Å². The molecule has 0 saturated carbocycles. The molecule has 1 heterocycles. The number of hydrogen-bond donors (Lipinski definition) is 1. The molecule has 1 aliphatic heterocycles. The number of methoxy groups -OCH3 is 3. The fourth-order valence-corrected chi connectivity index (χ4v) is 2.89. The summed E-state index contributed by atoms with van der Waals surface area (Å²) >= 11 is 0. The van der Waals surface area contributed by atoms with E-state index in [1.807, 2.05) is 30.3 Å². The van der Waals surface area contributed by atoms with E-state index >= 15 is 0 Å². The smallest absolute Gasteiger partial charge is 0.231 e. The molecule has 25 heavy (non-hydrogen) atoms. The standard InChI is InChI=1S/C19H22O6/c1-21-13-9-17(22-2)14(18(10-13)23-3)5-6-15(20)12-4-7-16-19(8-12)25-11-24-16/h4,7-10,15,20H,5-6,11H2,1-3H3/t15-/m0/s1. The minimum Gasteiger partial charge on any atom is -0.496 e. The molecule has 0 bridgehead atoms. The van der Waals surface area contributed by atoms with Gasteiger partial charge in [0.15, 0.2) is 11.5 Å². The first kappa shape index (κ1) is 17.2. The molecule has 2 aromatic carbocycles. The van der Waals surface area contributed by atoms with Crippen molar-refractivity contribution in [3.8, 4) is 28.7 Å². The van der Waals surface area contributed by atoms with Crippen molar-refractivity contribution in [2.45, 2.75) is 18.9 Å². The second kappa shape index (κ2) is 7.53. The van der Waals surface area contributed by atoms with Crippen molar-refractivity contribution in [1.29, 1.82) is 0 Å². The minimum absolute atomic E-state index is 0.217. The Balaban J connectivity index is 1.76. The molecular weight excluding hydrogens is 324 g/mol. The summed E-state index contributed by atoms with van der Waals surface area (Å²) in [7, 11) is 4.80. The Hall–Kier alpha value is -2.60. The molecule has 6 nitrogen and oxygen atoms in total. The number of hydrogen-bond acceptors (Lipinski definition) is 6. The average molecular weight is 346 g/mol. The summed E-state index contributed by atoms with van der Waals surface area (Å²) in [6.45, 7) is 0.217. The number of aliphatic hydroxyl groups excluding tert-OH is 1. The predicted octanol–water partition coefficient (Wildman–Crippen LogP) is 3.11. The monoisotopic (exact) mass is 346 g/mol. The number of ether oxygens (including phenoxy) is 5. The van der Waals surface area contributed by atoms with Crippen LogP contribution < -0.4 is 23.7 Å². The highest BCUT2D eigenvalue weighted by atomic mass is 16.7. The summed E-state index contributed by atoms with van der Waals surface area (Å²) in [5, 5.41) is 10.5. The largest absolute Gasteiger partial charge is 0.496 e. The molecule has 0 radical (unpaired) electrons. The van der Waals surface area contributed by atoms with Crippen LogP contribution in [0.4, 0.5) is 0 Å². The first-order chi connectivity index (χ1) is 12.2. The Morgan fingerprint density at radius 2 is 1.64 bits per heavy atom. The molecule has 6 heteroatoms. The predicted molar refractivity (Wildman–Crippen MR) is 91.9 cm³/mol. The Labute approximate surface area is 146 Å². The minimum atomic E-state index is -0.633. The molecule has 0 unspecified atom stereocenters. The van der Waals surface area contributed by atoms with Crippen LogP contribution in [0.3, 0.4) is 0 Å². The van der Waals surface area contributed by atoms with Crippen LogP contribution in [0.5, 0.6) is 28.7 Å². The maximum absolute atomic E-state index is 10.5. The lowest BCUT2D eigenvalue weighted by Gasteiger charge is -2.17. The molecule has 1 atom stereocenters. The topological polar surface area (TPSA) is 66.4 Å². The van der Waals surface area contributed by atoms with E-state index < -0.39 is 6.10 Å². The van der Waals surface area contributed by atoms with E-state index in [4.69, 9.17) is 23.7 Å². The normalized spacial score (nSPS) is 13.4. The third-order valence-electron chi connectivity index (χ3n) is 4.27. The highest BCUT2D eigenvalue weighted by Gasteiger charge is 2.19. The van der Waals surface area contributed by atoms with Gasteiger partial charge in [-0.15, -0.1) is 0 Å². The van der Waals surface area contributed by atoms with Crippen LogP contribution >= 0.6 is 0 Å². The van der Waals surface area contributed by atoms with Gasteiger partial charge in [0, 0.05) is 17.7 Å². The van der Waals surface area contributed by atoms with Gasteiger partial charge in [-0.2, -0.15) is 0 Å². The van der Waals surface area contributed by atoms with Gasteiger partial charge in [-0.25, -0.2) is 0 Å². The summed E-state index contributed by atoms with van der Waals surface area (Å²) in [5.74, 6) is 3.38. The van der Waals surface area contributed by atoms with Crippen LogP contribution in [-0.2, 0) is 6.42 Å². The summed E-state index contributed by atoms with van der Waals surface area (Å²) in [5.41, 5.74) is 1.68. The van der Waals surface area contributed by atoms with Crippen molar-refractivity contribution in [2.24, 2.45) is 0 Å². The second-order valence-corrected chi connectivity index (χ2v) is 5.68. The quantitative estimate of drug-likeness (QED) is 0.831. The molecule has 2 aromatic rings. The Morgan fingerprint density at radius 3 is 2.28 bits per heavy atom. The first-order valence-corrected chi connectivity index (χ1v) is 8.02. The van der Waals surface area contributed by atoms with Crippen LogP contribution in [0.15, 0.2) is 30.3 Å². The summed E-state index contributed by atoms with van der Waals surface area (Å²) in [6, 6.07) is 9.10. The highest BCUT2D eigenvalue weighted by Crippen LogP contribution is 2.38. The number of rotatable bonds is 7. The maximum atomic E-state index is 10.5. The van der Waals surface area contributed by atoms with Gasteiger partial charge in [-0.1, -0.05) is 6.07 Å². The van der Waals surface area contributed by atoms with E-state index in [0.29, 0.717) is 41.6 Å². The van der Waals surface area contributed by atoms with E-state index in [-0.39, 0.29) is 6.79 Å². The molecule has 134 valence electrons. The second-order valence-electron chi connectivity index (χ2n) is 5.68.